The fourth-order valence-electron chi connectivity index (χ4n) is 8.29. The molecular weight excluding hydrogens is 671 g/mol. The standard InChI is InChI=1S/C51H29N3O/c52-30-36-24-25-38(39-13-5-4-12-37(36)39)32-20-18-31(19-21-32)34-22-26-40-41-27-23-35(29-45(41)50-48(44(40)28-34)43-15-7-9-17-47(43)55-50)51-53-46-16-8-6-14-42(46)49(54-51)33-10-2-1-3-11-33/h1-29H. The van der Waals surface area contributed by atoms with Crippen molar-refractivity contribution in [3.63, 3.8) is 0 Å². The van der Waals surface area contributed by atoms with Crippen molar-refractivity contribution >= 4 is 65.2 Å². The molecule has 9 aromatic carbocycles. The molecule has 0 saturated carbocycles. The van der Waals surface area contributed by atoms with Gasteiger partial charge in [-0.15, -0.1) is 0 Å². The Balaban J connectivity index is 1.08. The highest BCUT2D eigenvalue weighted by Crippen LogP contribution is 2.43. The third-order valence-electron chi connectivity index (χ3n) is 10.9. The minimum atomic E-state index is 0.677. The average molecular weight is 700 g/mol. The summed E-state index contributed by atoms with van der Waals surface area (Å²) in [6.45, 7) is 0. The molecule has 0 saturated heterocycles. The Morgan fingerprint density at radius 1 is 0.418 bits per heavy atom. The van der Waals surface area contributed by atoms with Gasteiger partial charge in [-0.3, -0.25) is 0 Å². The molecule has 0 aliphatic carbocycles. The van der Waals surface area contributed by atoms with Gasteiger partial charge < -0.3 is 4.42 Å². The van der Waals surface area contributed by atoms with Gasteiger partial charge in [-0.2, -0.15) is 5.26 Å². The van der Waals surface area contributed by atoms with Crippen LogP contribution >= 0.6 is 0 Å². The molecule has 0 aliphatic heterocycles. The van der Waals surface area contributed by atoms with Crippen LogP contribution in [0.1, 0.15) is 5.56 Å². The molecule has 2 aromatic heterocycles. The van der Waals surface area contributed by atoms with Crippen LogP contribution in [-0.2, 0) is 0 Å². The lowest BCUT2D eigenvalue weighted by atomic mass is 9.91. The van der Waals surface area contributed by atoms with Gasteiger partial charge in [-0.25, -0.2) is 9.97 Å². The van der Waals surface area contributed by atoms with E-state index in [1.54, 1.807) is 0 Å². The van der Waals surface area contributed by atoms with E-state index in [1.807, 2.05) is 66.7 Å². The van der Waals surface area contributed by atoms with Crippen molar-refractivity contribution < 1.29 is 4.42 Å². The predicted molar refractivity (Wildman–Crippen MR) is 226 cm³/mol. The lowest BCUT2D eigenvalue weighted by molar-refractivity contribution is 0.673. The second-order valence-corrected chi connectivity index (χ2v) is 14.0. The van der Waals surface area contributed by atoms with Gasteiger partial charge in [0.1, 0.15) is 11.2 Å². The lowest BCUT2D eigenvalue weighted by Gasteiger charge is -2.13. The highest BCUT2D eigenvalue weighted by atomic mass is 16.3. The normalized spacial score (nSPS) is 11.6. The van der Waals surface area contributed by atoms with Gasteiger partial charge in [0, 0.05) is 38.1 Å². The Kier molecular flexibility index (Phi) is 6.89. The molecule has 0 N–H and O–H groups in total. The van der Waals surface area contributed by atoms with Gasteiger partial charge in [0.2, 0.25) is 0 Å². The molecule has 11 aromatic rings. The first-order valence-corrected chi connectivity index (χ1v) is 18.4. The fourth-order valence-corrected chi connectivity index (χ4v) is 8.29. The number of hydrogen-bond donors (Lipinski definition) is 0. The summed E-state index contributed by atoms with van der Waals surface area (Å²) in [5.41, 5.74) is 10.7. The first-order valence-electron chi connectivity index (χ1n) is 18.4. The second-order valence-electron chi connectivity index (χ2n) is 14.0. The first kappa shape index (κ1) is 31.0. The molecule has 0 unspecified atom stereocenters. The van der Waals surface area contributed by atoms with Crippen LogP contribution in [0.3, 0.4) is 0 Å². The number of furan rings is 1. The average Bonchev–Trinajstić information content (AvgIpc) is 3.66. The molecule has 0 bridgehead atoms. The van der Waals surface area contributed by atoms with Crippen molar-refractivity contribution in [1.29, 1.82) is 5.26 Å². The van der Waals surface area contributed by atoms with Crippen molar-refractivity contribution in [1.82, 2.24) is 9.97 Å². The summed E-state index contributed by atoms with van der Waals surface area (Å²) in [5, 5.41) is 19.4. The quantitative estimate of drug-likeness (QED) is 0.172. The van der Waals surface area contributed by atoms with Crippen molar-refractivity contribution in [2.24, 2.45) is 0 Å². The third-order valence-corrected chi connectivity index (χ3v) is 10.9. The van der Waals surface area contributed by atoms with E-state index in [0.717, 1.165) is 104 Å². The maximum Gasteiger partial charge on any atom is 0.160 e. The summed E-state index contributed by atoms with van der Waals surface area (Å²) in [6.07, 6.45) is 0. The van der Waals surface area contributed by atoms with Crippen molar-refractivity contribution in [3.8, 4) is 51.0 Å². The van der Waals surface area contributed by atoms with Crippen LogP contribution in [0.4, 0.5) is 0 Å². The van der Waals surface area contributed by atoms with Crippen LogP contribution < -0.4 is 0 Å². The number of benzene rings is 9. The molecule has 4 heteroatoms. The maximum atomic E-state index is 9.68. The molecule has 0 amide bonds. The summed E-state index contributed by atoms with van der Waals surface area (Å²) in [4.78, 5) is 10.2. The summed E-state index contributed by atoms with van der Waals surface area (Å²) in [5.74, 6) is 0.677. The van der Waals surface area contributed by atoms with Crippen LogP contribution in [-0.4, -0.2) is 9.97 Å². The largest absolute Gasteiger partial charge is 0.455 e. The SMILES string of the molecule is N#Cc1ccc(-c2ccc(-c3ccc4c5ccc(-c6nc(-c7ccccc7)c7ccccc7n6)cc5c5oc6ccccc6c5c4c3)cc2)c2ccccc12. The monoisotopic (exact) mass is 699 g/mol. The minimum absolute atomic E-state index is 0.677. The molecule has 55 heavy (non-hydrogen) atoms. The number of aromatic nitrogens is 2. The molecule has 0 aliphatic rings. The first-order chi connectivity index (χ1) is 27.2. The number of fused-ring (bicyclic) bond motifs is 10. The third kappa shape index (κ3) is 4.91. The van der Waals surface area contributed by atoms with Crippen LogP contribution in [0.15, 0.2) is 180 Å². The number of rotatable bonds is 4. The second kappa shape index (κ2) is 12.2. The van der Waals surface area contributed by atoms with Crippen molar-refractivity contribution in [2.45, 2.75) is 0 Å². The molecule has 0 atom stereocenters. The highest BCUT2D eigenvalue weighted by Gasteiger charge is 2.19. The van der Waals surface area contributed by atoms with E-state index in [9.17, 15) is 5.26 Å². The summed E-state index contributed by atoms with van der Waals surface area (Å²) < 4.78 is 6.73. The van der Waals surface area contributed by atoms with Gasteiger partial charge in [0.15, 0.2) is 5.82 Å². The summed E-state index contributed by atoms with van der Waals surface area (Å²) in [6, 6.07) is 63.3. The van der Waals surface area contributed by atoms with Gasteiger partial charge in [0.05, 0.1) is 22.8 Å². The number of nitrogens with zero attached hydrogens (tertiary/aromatic N) is 3. The Morgan fingerprint density at radius 3 is 1.87 bits per heavy atom. The van der Waals surface area contributed by atoms with Crippen LogP contribution in [0.5, 0.6) is 0 Å². The van der Waals surface area contributed by atoms with Crippen LogP contribution in [0.25, 0.3) is 110 Å². The molecule has 4 nitrogen and oxygen atoms in total. The summed E-state index contributed by atoms with van der Waals surface area (Å²) in [7, 11) is 0. The Hall–Kier alpha value is -7.61. The van der Waals surface area contributed by atoms with Gasteiger partial charge in [0.25, 0.3) is 0 Å². The lowest BCUT2D eigenvalue weighted by Crippen LogP contribution is -1.95. The highest BCUT2D eigenvalue weighted by molar-refractivity contribution is 6.30. The maximum absolute atomic E-state index is 9.68. The van der Waals surface area contributed by atoms with E-state index in [1.165, 1.54) is 0 Å². The Bertz CT molecular complexity index is 3370. The van der Waals surface area contributed by atoms with Crippen molar-refractivity contribution in [2.75, 3.05) is 0 Å². The molecule has 0 fully saturated rings. The topological polar surface area (TPSA) is 62.7 Å². The number of nitriles is 1. The predicted octanol–water partition coefficient (Wildman–Crippen LogP) is 13.5. The van der Waals surface area contributed by atoms with E-state index in [0.29, 0.717) is 11.4 Å². The van der Waals surface area contributed by atoms with E-state index < -0.39 is 0 Å². The molecule has 0 radical (unpaired) electrons. The van der Waals surface area contributed by atoms with E-state index >= 15 is 0 Å². The zero-order chi connectivity index (χ0) is 36.5. The van der Waals surface area contributed by atoms with Gasteiger partial charge >= 0.3 is 0 Å². The van der Waals surface area contributed by atoms with E-state index in [-0.39, 0.29) is 0 Å². The van der Waals surface area contributed by atoms with Crippen LogP contribution in [0.2, 0.25) is 0 Å². The number of hydrogen-bond acceptors (Lipinski definition) is 4. The smallest absolute Gasteiger partial charge is 0.160 e. The molecule has 2 heterocycles. The minimum Gasteiger partial charge on any atom is -0.455 e. The molecular formula is C51H29N3O. The van der Waals surface area contributed by atoms with Gasteiger partial charge in [-0.05, 0) is 74.1 Å². The summed E-state index contributed by atoms with van der Waals surface area (Å²) >= 11 is 0. The van der Waals surface area contributed by atoms with Crippen LogP contribution in [0, 0.1) is 11.3 Å². The fraction of sp³-hybridized carbons (Fsp3) is 0. The Morgan fingerprint density at radius 2 is 1.05 bits per heavy atom. The molecule has 11 rings (SSSR count). The zero-order valence-corrected chi connectivity index (χ0v) is 29.5. The molecule has 254 valence electrons. The van der Waals surface area contributed by atoms with E-state index in [2.05, 4.69) is 115 Å². The van der Waals surface area contributed by atoms with E-state index in [4.69, 9.17) is 14.4 Å². The number of para-hydroxylation sites is 2. The zero-order valence-electron chi connectivity index (χ0n) is 29.5. The van der Waals surface area contributed by atoms with Crippen molar-refractivity contribution in [3.05, 3.63) is 181 Å². The van der Waals surface area contributed by atoms with Gasteiger partial charge in [-0.1, -0.05) is 146 Å². The Labute approximate surface area is 316 Å². The molecule has 0 spiro atoms.